The van der Waals surface area contributed by atoms with E-state index in [0.29, 0.717) is 5.92 Å². The molecule has 0 radical (unpaired) electrons. The van der Waals surface area contributed by atoms with E-state index in [4.69, 9.17) is 0 Å². The van der Waals surface area contributed by atoms with E-state index in [-0.39, 0.29) is 21.7 Å². The van der Waals surface area contributed by atoms with Gasteiger partial charge in [-0.3, -0.25) is 13.1 Å². The number of hydrogen-bond donors (Lipinski definition) is 0. The van der Waals surface area contributed by atoms with Gasteiger partial charge in [0.1, 0.15) is 0 Å². The molecular formula is C12H21NTi. The topological polar surface area (TPSA) is 3.24 Å². The third kappa shape index (κ3) is 5.79. The third-order valence-electron chi connectivity index (χ3n) is 2.24. The van der Waals surface area contributed by atoms with E-state index >= 15 is 0 Å². The van der Waals surface area contributed by atoms with Crippen molar-refractivity contribution in [3.8, 4) is 0 Å². The van der Waals surface area contributed by atoms with E-state index in [1.54, 1.807) is 4.90 Å². The summed E-state index contributed by atoms with van der Waals surface area (Å²) in [4.78, 5) is 1.75. The molecular weight excluding hydrogens is 206 g/mol. The molecule has 1 atom stereocenters. The first-order valence-corrected chi connectivity index (χ1v) is 4.62. The van der Waals surface area contributed by atoms with Crippen molar-refractivity contribution in [1.29, 1.82) is 0 Å². The monoisotopic (exact) mass is 227 g/mol. The molecule has 0 amide bonds. The van der Waals surface area contributed by atoms with Crippen LogP contribution < -0.4 is 0 Å². The van der Waals surface area contributed by atoms with Gasteiger partial charge in [0, 0.05) is 0 Å². The number of nitrogens with zero attached hydrogens (tertiary/aromatic N) is 1. The van der Waals surface area contributed by atoms with Crippen LogP contribution in [-0.4, -0.2) is 19.0 Å². The van der Waals surface area contributed by atoms with Gasteiger partial charge in [-0.1, -0.05) is 26.7 Å². The van der Waals surface area contributed by atoms with E-state index in [9.17, 15) is 0 Å². The Morgan fingerprint density at radius 3 is 1.64 bits per heavy atom. The zero-order valence-corrected chi connectivity index (χ0v) is 11.8. The predicted molar refractivity (Wildman–Crippen MR) is 59.0 cm³/mol. The SMILES string of the molecule is CC1=[C-]C(C)C(C)=C1C.[CH2-]N(C)C.[Ti+2]. The average Bonchev–Trinajstić information content (AvgIpc) is 2.17. The van der Waals surface area contributed by atoms with Crippen molar-refractivity contribution in [2.24, 2.45) is 5.92 Å². The molecule has 2 heteroatoms. The van der Waals surface area contributed by atoms with Crippen LogP contribution in [0.2, 0.25) is 0 Å². The zero-order chi connectivity index (χ0) is 10.6. The first-order valence-electron chi connectivity index (χ1n) is 4.62. The smallest absolute Gasteiger partial charge is 0.464 e. The van der Waals surface area contributed by atoms with Crippen molar-refractivity contribution in [1.82, 2.24) is 4.90 Å². The Labute approximate surface area is 104 Å². The van der Waals surface area contributed by atoms with Crippen LogP contribution in [0.25, 0.3) is 0 Å². The molecule has 0 fully saturated rings. The molecule has 0 heterocycles. The maximum absolute atomic E-state index is 3.47. The molecule has 14 heavy (non-hydrogen) atoms. The van der Waals surface area contributed by atoms with Gasteiger partial charge in [0.2, 0.25) is 0 Å². The maximum atomic E-state index is 3.47. The van der Waals surface area contributed by atoms with Crippen molar-refractivity contribution < 1.29 is 21.7 Å². The number of rotatable bonds is 0. The molecule has 0 aromatic heterocycles. The van der Waals surface area contributed by atoms with E-state index < -0.39 is 0 Å². The van der Waals surface area contributed by atoms with Gasteiger partial charge in [-0.2, -0.15) is 11.1 Å². The van der Waals surface area contributed by atoms with E-state index in [1.165, 1.54) is 16.7 Å². The molecule has 1 rings (SSSR count). The largest absolute Gasteiger partial charge is 2.00 e. The summed E-state index contributed by atoms with van der Waals surface area (Å²) in [5, 5.41) is 0. The van der Waals surface area contributed by atoms with Crippen LogP contribution in [0.5, 0.6) is 0 Å². The second-order valence-electron chi connectivity index (χ2n) is 3.88. The summed E-state index contributed by atoms with van der Waals surface area (Å²) in [6, 6.07) is 0. The molecule has 0 aliphatic heterocycles. The van der Waals surface area contributed by atoms with Crippen molar-refractivity contribution in [3.63, 3.8) is 0 Å². The van der Waals surface area contributed by atoms with Gasteiger partial charge in [0.25, 0.3) is 0 Å². The van der Waals surface area contributed by atoms with Crippen LogP contribution in [0.3, 0.4) is 0 Å². The van der Waals surface area contributed by atoms with Gasteiger partial charge in [0.05, 0.1) is 0 Å². The fourth-order valence-corrected chi connectivity index (χ4v) is 1.16. The van der Waals surface area contributed by atoms with Crippen LogP contribution in [0, 0.1) is 19.0 Å². The minimum Gasteiger partial charge on any atom is -0.464 e. The second-order valence-corrected chi connectivity index (χ2v) is 3.88. The van der Waals surface area contributed by atoms with Gasteiger partial charge in [0.15, 0.2) is 0 Å². The molecule has 1 unspecified atom stereocenters. The summed E-state index contributed by atoms with van der Waals surface area (Å²) < 4.78 is 0. The summed E-state index contributed by atoms with van der Waals surface area (Å²) >= 11 is 0. The molecule has 0 aromatic carbocycles. The molecule has 1 nitrogen and oxygen atoms in total. The molecule has 0 aromatic rings. The Balaban J connectivity index is 0. The van der Waals surface area contributed by atoms with Gasteiger partial charge in [-0.15, -0.1) is 6.92 Å². The third-order valence-corrected chi connectivity index (χ3v) is 2.24. The molecule has 0 N–H and O–H groups in total. The second kappa shape index (κ2) is 7.45. The minimum absolute atomic E-state index is 0. The van der Waals surface area contributed by atoms with Crippen LogP contribution in [0.15, 0.2) is 16.7 Å². The van der Waals surface area contributed by atoms with Gasteiger partial charge in [-0.25, -0.2) is 5.57 Å². The molecule has 0 bridgehead atoms. The Hall–Kier alpha value is 0.154. The van der Waals surface area contributed by atoms with Gasteiger partial charge in [-0.05, 0) is 14.1 Å². The fraction of sp³-hybridized carbons (Fsp3) is 0.583. The molecule has 0 saturated carbocycles. The molecule has 0 spiro atoms. The Morgan fingerprint density at radius 1 is 1.21 bits per heavy atom. The van der Waals surface area contributed by atoms with Crippen LogP contribution in [0.1, 0.15) is 27.7 Å². The normalized spacial score (nSPS) is 20.0. The molecule has 78 valence electrons. The Bertz CT molecular complexity index is 224. The summed E-state index contributed by atoms with van der Waals surface area (Å²) in [7, 11) is 7.25. The maximum Gasteiger partial charge on any atom is 2.00 e. The summed E-state index contributed by atoms with van der Waals surface area (Å²) in [5.41, 5.74) is 4.25. The van der Waals surface area contributed by atoms with Crippen molar-refractivity contribution in [2.75, 3.05) is 14.1 Å². The van der Waals surface area contributed by atoms with E-state index in [2.05, 4.69) is 40.8 Å². The van der Waals surface area contributed by atoms with E-state index in [0.717, 1.165) is 0 Å². The predicted octanol–water partition coefficient (Wildman–Crippen LogP) is 3.06. The first-order chi connectivity index (χ1) is 5.86. The summed E-state index contributed by atoms with van der Waals surface area (Å²) in [6.45, 7) is 8.67. The fourth-order valence-electron chi connectivity index (χ4n) is 1.16. The minimum atomic E-state index is 0. The average molecular weight is 227 g/mol. The van der Waals surface area contributed by atoms with Crippen molar-refractivity contribution in [2.45, 2.75) is 27.7 Å². The first kappa shape index (κ1) is 16.6. The Kier molecular flexibility index (Phi) is 8.82. The zero-order valence-electron chi connectivity index (χ0n) is 10.2. The summed E-state index contributed by atoms with van der Waals surface area (Å²) in [6.07, 6.45) is 3.36. The van der Waals surface area contributed by atoms with Gasteiger partial charge >= 0.3 is 21.7 Å². The molecule has 1 aliphatic rings. The van der Waals surface area contributed by atoms with Crippen molar-refractivity contribution >= 4 is 0 Å². The van der Waals surface area contributed by atoms with Gasteiger partial charge < -0.3 is 4.90 Å². The quantitative estimate of drug-likeness (QED) is 0.454. The molecule has 0 saturated heterocycles. The van der Waals surface area contributed by atoms with Crippen LogP contribution >= 0.6 is 0 Å². The number of hydrogen-bond acceptors (Lipinski definition) is 1. The van der Waals surface area contributed by atoms with Crippen LogP contribution in [-0.2, 0) is 21.7 Å². The Morgan fingerprint density at radius 2 is 1.57 bits per heavy atom. The summed E-state index contributed by atoms with van der Waals surface area (Å²) in [5.74, 6) is 0.560. The van der Waals surface area contributed by atoms with Crippen molar-refractivity contribution in [3.05, 3.63) is 29.8 Å². The standard InChI is InChI=1S/C9H13.C3H8N.Ti/c1-6-5-7(2)9(4)8(6)3;1-4(2)3;/h6H,1-4H3;1H2,2-3H3;/q2*-1;+2. The number of allylic oxidation sites excluding steroid dienone is 4. The molecule has 1 aliphatic carbocycles. The van der Waals surface area contributed by atoms with Crippen LogP contribution in [0.4, 0.5) is 0 Å². The van der Waals surface area contributed by atoms with E-state index in [1.807, 2.05) is 14.1 Å².